The average molecular weight is 298 g/mol. The van der Waals surface area contributed by atoms with Crippen LogP contribution in [0.5, 0.6) is 5.75 Å². The summed E-state index contributed by atoms with van der Waals surface area (Å²) in [6.07, 6.45) is 0. The van der Waals surface area contributed by atoms with E-state index in [1.807, 2.05) is 42.5 Å². The van der Waals surface area contributed by atoms with E-state index in [0.29, 0.717) is 0 Å². The van der Waals surface area contributed by atoms with Crippen LogP contribution in [0.25, 0.3) is 11.1 Å². The van der Waals surface area contributed by atoms with E-state index >= 15 is 0 Å². The summed E-state index contributed by atoms with van der Waals surface area (Å²) >= 11 is 9.42. The lowest BCUT2D eigenvalue weighted by molar-refractivity contribution is 0.412. The Hall–Kier alpha value is -0.990. The topological polar surface area (TPSA) is 9.23 Å². The van der Waals surface area contributed by atoms with Gasteiger partial charge in [0.2, 0.25) is 0 Å². The number of benzene rings is 2. The van der Waals surface area contributed by atoms with Crippen LogP contribution in [0.15, 0.2) is 46.9 Å². The van der Waals surface area contributed by atoms with Crippen molar-refractivity contribution in [3.05, 3.63) is 52.0 Å². The highest BCUT2D eigenvalue weighted by molar-refractivity contribution is 9.10. The first kappa shape index (κ1) is 11.5. The van der Waals surface area contributed by atoms with Gasteiger partial charge in [-0.25, -0.2) is 0 Å². The third-order valence-corrected chi connectivity index (χ3v) is 3.16. The first-order chi connectivity index (χ1) is 7.70. The van der Waals surface area contributed by atoms with E-state index in [-0.39, 0.29) is 0 Å². The quantitative estimate of drug-likeness (QED) is 0.775. The van der Waals surface area contributed by atoms with Crippen molar-refractivity contribution in [1.29, 1.82) is 0 Å². The van der Waals surface area contributed by atoms with E-state index in [1.54, 1.807) is 7.11 Å². The Labute approximate surface area is 108 Å². The van der Waals surface area contributed by atoms with Crippen molar-refractivity contribution in [2.75, 3.05) is 7.11 Å². The zero-order valence-corrected chi connectivity index (χ0v) is 11.0. The zero-order valence-electron chi connectivity index (χ0n) is 8.71. The van der Waals surface area contributed by atoms with E-state index < -0.39 is 0 Å². The maximum absolute atomic E-state index is 5.96. The minimum Gasteiger partial charge on any atom is -0.496 e. The van der Waals surface area contributed by atoms with Gasteiger partial charge in [0.1, 0.15) is 5.75 Å². The Morgan fingerprint density at radius 1 is 1.06 bits per heavy atom. The third kappa shape index (κ3) is 2.39. The molecule has 0 radical (unpaired) electrons. The lowest BCUT2D eigenvalue weighted by atomic mass is 10.1. The molecule has 2 rings (SSSR count). The summed E-state index contributed by atoms with van der Waals surface area (Å²) in [4.78, 5) is 0. The van der Waals surface area contributed by atoms with Gasteiger partial charge in [-0.1, -0.05) is 29.8 Å². The van der Waals surface area contributed by atoms with Gasteiger partial charge in [-0.15, -0.1) is 0 Å². The molecular formula is C13H10BrClO. The molecule has 2 aromatic carbocycles. The van der Waals surface area contributed by atoms with Gasteiger partial charge < -0.3 is 4.74 Å². The highest BCUT2D eigenvalue weighted by atomic mass is 79.9. The number of rotatable bonds is 2. The Morgan fingerprint density at radius 2 is 1.81 bits per heavy atom. The van der Waals surface area contributed by atoms with Crippen molar-refractivity contribution in [2.45, 2.75) is 0 Å². The predicted molar refractivity (Wildman–Crippen MR) is 71.1 cm³/mol. The standard InChI is InChI=1S/C13H10BrClO/c1-16-13-6-5-10(8-12(13)14)9-3-2-4-11(15)7-9/h2-8H,1H3. The molecule has 82 valence electrons. The number of methoxy groups -OCH3 is 1. The maximum Gasteiger partial charge on any atom is 0.133 e. The van der Waals surface area contributed by atoms with Crippen LogP contribution in [-0.2, 0) is 0 Å². The second-order valence-electron chi connectivity index (χ2n) is 3.36. The van der Waals surface area contributed by atoms with Crippen LogP contribution in [0.4, 0.5) is 0 Å². The molecule has 0 amide bonds. The van der Waals surface area contributed by atoms with Crippen molar-refractivity contribution in [3.8, 4) is 16.9 Å². The fourth-order valence-electron chi connectivity index (χ4n) is 1.51. The average Bonchev–Trinajstić information content (AvgIpc) is 2.29. The lowest BCUT2D eigenvalue weighted by Crippen LogP contribution is -1.85. The highest BCUT2D eigenvalue weighted by Crippen LogP contribution is 2.31. The molecule has 0 N–H and O–H groups in total. The number of hydrogen-bond acceptors (Lipinski definition) is 1. The molecule has 0 aliphatic heterocycles. The molecule has 0 spiro atoms. The molecule has 0 aromatic heterocycles. The highest BCUT2D eigenvalue weighted by Gasteiger charge is 2.03. The molecule has 0 saturated heterocycles. The molecule has 2 aromatic rings. The van der Waals surface area contributed by atoms with Crippen LogP contribution in [0.1, 0.15) is 0 Å². The smallest absolute Gasteiger partial charge is 0.133 e. The lowest BCUT2D eigenvalue weighted by Gasteiger charge is -2.06. The van der Waals surface area contributed by atoms with Gasteiger partial charge >= 0.3 is 0 Å². The van der Waals surface area contributed by atoms with Gasteiger partial charge in [0.15, 0.2) is 0 Å². The molecule has 1 nitrogen and oxygen atoms in total. The Bertz CT molecular complexity index is 511. The summed E-state index contributed by atoms with van der Waals surface area (Å²) in [6, 6.07) is 13.7. The summed E-state index contributed by atoms with van der Waals surface area (Å²) < 4.78 is 6.12. The first-order valence-electron chi connectivity index (χ1n) is 4.80. The summed E-state index contributed by atoms with van der Waals surface area (Å²) in [5, 5.41) is 0.740. The van der Waals surface area contributed by atoms with Gasteiger partial charge in [-0.2, -0.15) is 0 Å². The fourth-order valence-corrected chi connectivity index (χ4v) is 2.24. The van der Waals surface area contributed by atoms with E-state index in [2.05, 4.69) is 15.9 Å². The molecule has 0 unspecified atom stereocenters. The SMILES string of the molecule is COc1ccc(-c2cccc(Cl)c2)cc1Br. The van der Waals surface area contributed by atoms with Crippen molar-refractivity contribution >= 4 is 27.5 Å². The summed E-state index contributed by atoms with van der Waals surface area (Å²) in [7, 11) is 1.65. The van der Waals surface area contributed by atoms with Crippen molar-refractivity contribution < 1.29 is 4.74 Å². The molecule has 16 heavy (non-hydrogen) atoms. The number of ether oxygens (including phenoxy) is 1. The van der Waals surface area contributed by atoms with Gasteiger partial charge in [0, 0.05) is 5.02 Å². The molecular weight excluding hydrogens is 287 g/mol. The van der Waals surface area contributed by atoms with Gasteiger partial charge in [0.25, 0.3) is 0 Å². The van der Waals surface area contributed by atoms with E-state index in [9.17, 15) is 0 Å². The predicted octanol–water partition coefficient (Wildman–Crippen LogP) is 4.78. The Balaban J connectivity index is 2.45. The van der Waals surface area contributed by atoms with Crippen LogP contribution in [0.3, 0.4) is 0 Å². The molecule has 0 heterocycles. The zero-order chi connectivity index (χ0) is 11.5. The fraction of sp³-hybridized carbons (Fsp3) is 0.0769. The van der Waals surface area contributed by atoms with E-state index in [1.165, 1.54) is 0 Å². The minimum absolute atomic E-state index is 0.740. The number of halogens is 2. The molecule has 0 saturated carbocycles. The summed E-state index contributed by atoms with van der Waals surface area (Å²) in [5.41, 5.74) is 2.20. The second kappa shape index (κ2) is 4.89. The first-order valence-corrected chi connectivity index (χ1v) is 5.97. The Morgan fingerprint density at radius 3 is 2.44 bits per heavy atom. The van der Waals surface area contributed by atoms with Crippen LogP contribution >= 0.6 is 27.5 Å². The molecule has 0 aliphatic rings. The van der Waals surface area contributed by atoms with Gasteiger partial charge in [-0.05, 0) is 51.3 Å². The van der Waals surface area contributed by atoms with Crippen molar-refractivity contribution in [2.24, 2.45) is 0 Å². The van der Waals surface area contributed by atoms with Crippen molar-refractivity contribution in [1.82, 2.24) is 0 Å². The minimum atomic E-state index is 0.740. The largest absolute Gasteiger partial charge is 0.496 e. The van der Waals surface area contributed by atoms with Crippen molar-refractivity contribution in [3.63, 3.8) is 0 Å². The maximum atomic E-state index is 5.96. The van der Waals surface area contributed by atoms with Gasteiger partial charge in [0.05, 0.1) is 11.6 Å². The third-order valence-electron chi connectivity index (χ3n) is 2.31. The second-order valence-corrected chi connectivity index (χ2v) is 4.65. The summed E-state index contributed by atoms with van der Waals surface area (Å²) in [6.45, 7) is 0. The number of hydrogen-bond donors (Lipinski definition) is 0. The molecule has 0 fully saturated rings. The van der Waals surface area contributed by atoms with Gasteiger partial charge in [-0.3, -0.25) is 0 Å². The van der Waals surface area contributed by atoms with Crippen LogP contribution in [-0.4, -0.2) is 7.11 Å². The normalized spacial score (nSPS) is 10.2. The van der Waals surface area contributed by atoms with E-state index in [0.717, 1.165) is 26.4 Å². The Kier molecular flexibility index (Phi) is 3.52. The van der Waals surface area contributed by atoms with Crippen LogP contribution in [0, 0.1) is 0 Å². The molecule has 0 atom stereocenters. The summed E-state index contributed by atoms with van der Waals surface area (Å²) in [5.74, 6) is 0.825. The van der Waals surface area contributed by atoms with E-state index in [4.69, 9.17) is 16.3 Å². The van der Waals surface area contributed by atoms with Crippen LogP contribution in [0.2, 0.25) is 5.02 Å². The van der Waals surface area contributed by atoms with Crippen LogP contribution < -0.4 is 4.74 Å². The monoisotopic (exact) mass is 296 g/mol. The molecule has 0 aliphatic carbocycles. The molecule has 0 bridgehead atoms. The molecule has 3 heteroatoms.